The molecule has 2 saturated carbocycles. The third kappa shape index (κ3) is 4.02. The maximum Gasteiger partial charge on any atom is 0.303 e. The molecule has 4 rings (SSSR count). The van der Waals surface area contributed by atoms with Gasteiger partial charge in [0.2, 0.25) is 5.91 Å². The third-order valence-corrected chi connectivity index (χ3v) is 5.42. The number of aromatic nitrogens is 2. The number of oxazole rings is 1. The van der Waals surface area contributed by atoms with Crippen LogP contribution in [0.15, 0.2) is 35.1 Å². The van der Waals surface area contributed by atoms with Gasteiger partial charge in [0.1, 0.15) is 12.1 Å². The minimum Gasteiger partial charge on any atom is -0.481 e. The number of anilines is 2. The number of carboxylic acid groups (broad SMARTS) is 1. The van der Waals surface area contributed by atoms with E-state index in [1.54, 1.807) is 17.2 Å². The summed E-state index contributed by atoms with van der Waals surface area (Å²) in [7, 11) is 0. The maximum atomic E-state index is 13.3. The topological polar surface area (TPSA) is 96.5 Å². The van der Waals surface area contributed by atoms with Gasteiger partial charge in [0.15, 0.2) is 11.7 Å². The van der Waals surface area contributed by atoms with E-state index in [-0.39, 0.29) is 24.2 Å². The molecule has 0 aliphatic heterocycles. The second-order valence-corrected chi connectivity index (χ2v) is 7.50. The van der Waals surface area contributed by atoms with E-state index >= 15 is 0 Å². The van der Waals surface area contributed by atoms with Gasteiger partial charge in [-0.05, 0) is 56.6 Å². The molecule has 2 aromatic rings. The van der Waals surface area contributed by atoms with Crippen LogP contribution in [-0.2, 0) is 9.59 Å². The lowest BCUT2D eigenvalue weighted by atomic mass is 9.80. The first-order valence-electron chi connectivity index (χ1n) is 9.54. The lowest BCUT2D eigenvalue weighted by Crippen LogP contribution is -2.35. The number of rotatable bonds is 6. The molecule has 2 heterocycles. The van der Waals surface area contributed by atoms with E-state index in [4.69, 9.17) is 9.52 Å². The molecule has 0 radical (unpaired) electrons. The fourth-order valence-corrected chi connectivity index (χ4v) is 3.77. The molecule has 0 atom stereocenters. The Morgan fingerprint density at radius 2 is 1.89 bits per heavy atom. The van der Waals surface area contributed by atoms with Crippen molar-refractivity contribution in [3.8, 4) is 0 Å². The quantitative estimate of drug-likeness (QED) is 0.830. The molecule has 0 aromatic carbocycles. The third-order valence-electron chi connectivity index (χ3n) is 5.42. The largest absolute Gasteiger partial charge is 0.481 e. The summed E-state index contributed by atoms with van der Waals surface area (Å²) in [5.41, 5.74) is 0. The van der Waals surface area contributed by atoms with E-state index in [1.165, 1.54) is 6.26 Å². The fraction of sp³-hybridized carbons (Fsp3) is 0.500. The van der Waals surface area contributed by atoms with Gasteiger partial charge in [0.25, 0.3) is 0 Å². The number of nitrogens with zero attached hydrogens (tertiary/aromatic N) is 3. The summed E-state index contributed by atoms with van der Waals surface area (Å²) in [5.74, 6) is 1.25. The van der Waals surface area contributed by atoms with E-state index in [1.807, 2.05) is 12.1 Å². The Kier molecular flexibility index (Phi) is 4.92. The molecule has 0 saturated heterocycles. The molecule has 2 aliphatic carbocycles. The van der Waals surface area contributed by atoms with E-state index < -0.39 is 5.97 Å². The Hall–Kier alpha value is -2.70. The summed E-state index contributed by atoms with van der Waals surface area (Å²) in [6, 6.07) is 5.44. The Labute approximate surface area is 157 Å². The van der Waals surface area contributed by atoms with Crippen LogP contribution in [0, 0.1) is 11.8 Å². The fourth-order valence-electron chi connectivity index (χ4n) is 3.77. The van der Waals surface area contributed by atoms with Crippen molar-refractivity contribution in [2.24, 2.45) is 11.8 Å². The lowest BCUT2D eigenvalue weighted by molar-refractivity contribution is -0.138. The summed E-state index contributed by atoms with van der Waals surface area (Å²) in [5, 5.41) is 8.98. The highest BCUT2D eigenvalue weighted by atomic mass is 16.4. The van der Waals surface area contributed by atoms with Gasteiger partial charge in [-0.25, -0.2) is 9.88 Å². The zero-order chi connectivity index (χ0) is 18.8. The van der Waals surface area contributed by atoms with Crippen molar-refractivity contribution >= 4 is 23.5 Å². The van der Waals surface area contributed by atoms with Crippen LogP contribution < -0.4 is 4.90 Å². The first kappa shape index (κ1) is 17.7. The zero-order valence-corrected chi connectivity index (χ0v) is 15.1. The number of carboxylic acids is 1. The number of carbonyl (C=O) groups excluding carboxylic acids is 1. The first-order chi connectivity index (χ1) is 13.1. The van der Waals surface area contributed by atoms with Crippen LogP contribution in [0.4, 0.5) is 11.6 Å². The van der Waals surface area contributed by atoms with Crippen molar-refractivity contribution in [2.75, 3.05) is 4.90 Å². The van der Waals surface area contributed by atoms with E-state index in [0.717, 1.165) is 25.7 Å². The highest BCUT2D eigenvalue weighted by Crippen LogP contribution is 2.41. The van der Waals surface area contributed by atoms with Gasteiger partial charge >= 0.3 is 5.97 Å². The van der Waals surface area contributed by atoms with Gasteiger partial charge in [-0.1, -0.05) is 6.07 Å². The number of hydrogen-bond donors (Lipinski definition) is 1. The Balaban J connectivity index is 1.53. The second-order valence-electron chi connectivity index (χ2n) is 7.50. The molecular weight excluding hydrogens is 346 g/mol. The van der Waals surface area contributed by atoms with E-state index in [2.05, 4.69) is 9.97 Å². The van der Waals surface area contributed by atoms with Crippen molar-refractivity contribution in [1.29, 1.82) is 0 Å². The van der Waals surface area contributed by atoms with Gasteiger partial charge < -0.3 is 9.52 Å². The van der Waals surface area contributed by atoms with E-state index in [0.29, 0.717) is 36.3 Å². The zero-order valence-electron chi connectivity index (χ0n) is 15.1. The van der Waals surface area contributed by atoms with Crippen LogP contribution in [0.2, 0.25) is 0 Å². The molecule has 0 unspecified atom stereocenters. The Bertz CT molecular complexity index is 808. The van der Waals surface area contributed by atoms with Gasteiger partial charge in [-0.15, -0.1) is 0 Å². The minimum absolute atomic E-state index is 0.0434. The number of aliphatic carboxylic acids is 1. The normalized spacial score (nSPS) is 22.4. The van der Waals surface area contributed by atoms with Crippen LogP contribution in [0.1, 0.15) is 56.8 Å². The van der Waals surface area contributed by atoms with Crippen LogP contribution in [0.25, 0.3) is 0 Å². The summed E-state index contributed by atoms with van der Waals surface area (Å²) < 4.78 is 5.59. The predicted octanol–water partition coefficient (Wildman–Crippen LogP) is 3.89. The van der Waals surface area contributed by atoms with Gasteiger partial charge in [-0.2, -0.15) is 4.98 Å². The van der Waals surface area contributed by atoms with Crippen molar-refractivity contribution < 1.29 is 19.1 Å². The molecule has 7 nitrogen and oxygen atoms in total. The SMILES string of the molecule is O=C(O)CC1CCC(C(=O)N(c2ccccn2)c2coc(C3CC3)n2)CC1. The molecule has 1 amide bonds. The van der Waals surface area contributed by atoms with Crippen LogP contribution in [0.3, 0.4) is 0 Å². The maximum absolute atomic E-state index is 13.3. The molecular formula is C20H23N3O4. The van der Waals surface area contributed by atoms with Crippen LogP contribution in [0.5, 0.6) is 0 Å². The average Bonchev–Trinajstić information content (AvgIpc) is 3.41. The molecule has 27 heavy (non-hydrogen) atoms. The summed E-state index contributed by atoms with van der Waals surface area (Å²) in [6.07, 6.45) is 8.41. The number of carbonyl (C=O) groups is 2. The smallest absolute Gasteiger partial charge is 0.303 e. The van der Waals surface area contributed by atoms with Crippen LogP contribution >= 0.6 is 0 Å². The molecule has 7 heteroatoms. The number of amides is 1. The van der Waals surface area contributed by atoms with Crippen molar-refractivity contribution in [2.45, 2.75) is 50.9 Å². The Morgan fingerprint density at radius 3 is 2.52 bits per heavy atom. The highest BCUT2D eigenvalue weighted by Gasteiger charge is 2.35. The van der Waals surface area contributed by atoms with Gasteiger partial charge in [0.05, 0.1) is 0 Å². The number of pyridine rings is 1. The molecule has 1 N–H and O–H groups in total. The van der Waals surface area contributed by atoms with Crippen molar-refractivity contribution in [3.05, 3.63) is 36.5 Å². The standard InChI is InChI=1S/C20H23N3O4/c24-18(25)11-13-4-6-15(7-5-13)20(26)23(16-3-1-2-10-21-16)17-12-27-19(22-17)14-8-9-14/h1-3,10,12-15H,4-9,11H2,(H,24,25). The molecule has 2 aromatic heterocycles. The first-order valence-corrected chi connectivity index (χ1v) is 9.54. The minimum atomic E-state index is -0.768. The van der Waals surface area contributed by atoms with Crippen molar-refractivity contribution in [3.63, 3.8) is 0 Å². The molecule has 142 valence electrons. The molecule has 0 bridgehead atoms. The summed E-state index contributed by atoms with van der Waals surface area (Å²) in [4.78, 5) is 34.7. The second kappa shape index (κ2) is 7.50. The molecule has 0 spiro atoms. The monoisotopic (exact) mass is 369 g/mol. The van der Waals surface area contributed by atoms with Crippen LogP contribution in [-0.4, -0.2) is 27.0 Å². The molecule has 2 aliphatic rings. The predicted molar refractivity (Wildman–Crippen MR) is 97.6 cm³/mol. The summed E-state index contributed by atoms with van der Waals surface area (Å²) in [6.45, 7) is 0. The summed E-state index contributed by atoms with van der Waals surface area (Å²) >= 11 is 0. The highest BCUT2D eigenvalue weighted by molar-refractivity contribution is 6.00. The lowest BCUT2D eigenvalue weighted by Gasteiger charge is -2.30. The van der Waals surface area contributed by atoms with Gasteiger partial charge in [-0.3, -0.25) is 9.59 Å². The Morgan fingerprint density at radius 1 is 1.11 bits per heavy atom. The average molecular weight is 369 g/mol. The van der Waals surface area contributed by atoms with E-state index in [9.17, 15) is 9.59 Å². The number of hydrogen-bond acceptors (Lipinski definition) is 5. The van der Waals surface area contributed by atoms with Crippen molar-refractivity contribution in [1.82, 2.24) is 9.97 Å². The van der Waals surface area contributed by atoms with Gasteiger partial charge in [0, 0.05) is 24.5 Å². The molecule has 2 fully saturated rings.